The lowest BCUT2D eigenvalue weighted by Gasteiger charge is -2.30. The van der Waals surface area contributed by atoms with Crippen LogP contribution in [-0.4, -0.2) is 25.3 Å². The van der Waals surface area contributed by atoms with E-state index in [1.54, 1.807) is 31.4 Å². The van der Waals surface area contributed by atoms with Gasteiger partial charge < -0.3 is 9.30 Å². The smallest absolute Gasteiger partial charge is 0.331 e. The third-order valence-corrected chi connectivity index (χ3v) is 7.06. The Kier molecular flexibility index (Phi) is 6.13. The topological polar surface area (TPSA) is 88.1 Å². The van der Waals surface area contributed by atoms with E-state index in [0.29, 0.717) is 25.1 Å². The molecule has 0 N–H and O–H groups in total. The lowest BCUT2D eigenvalue weighted by atomic mass is 9.88. The van der Waals surface area contributed by atoms with Crippen LogP contribution >= 0.6 is 11.6 Å². The standard InChI is InChI=1S/C26H24ClFN4O4/c1-30-13-15(4-7-22(30)33)21-10-14(8-9-36-21)20-12-18-24(31(2)26(35)32(3)25(18)34)23(29-20)17-6-5-16(27)11-19(17)28/h4-7,11-14,21H,8-10H2,1-3H3/t14-,21+/m0/s1. The number of aryl methyl sites for hydroxylation is 2. The number of aromatic nitrogens is 4. The van der Waals surface area contributed by atoms with Gasteiger partial charge in [-0.3, -0.25) is 23.7 Å². The molecule has 5 rings (SSSR count). The largest absolute Gasteiger partial charge is 0.373 e. The molecule has 2 atom stereocenters. The Hall–Kier alpha value is -3.56. The zero-order chi connectivity index (χ0) is 25.7. The van der Waals surface area contributed by atoms with Crippen molar-refractivity contribution >= 4 is 22.5 Å². The van der Waals surface area contributed by atoms with Crippen LogP contribution in [0.15, 0.2) is 57.0 Å². The van der Waals surface area contributed by atoms with Crippen LogP contribution in [0.1, 0.15) is 36.1 Å². The number of hydrogen-bond acceptors (Lipinski definition) is 5. The van der Waals surface area contributed by atoms with Crippen LogP contribution in [0.25, 0.3) is 22.2 Å². The highest BCUT2D eigenvalue weighted by molar-refractivity contribution is 6.30. The number of ether oxygens (including phenoxy) is 1. The van der Waals surface area contributed by atoms with Crippen LogP contribution < -0.4 is 16.8 Å². The first kappa shape index (κ1) is 24.1. The second-order valence-corrected chi connectivity index (χ2v) is 9.55. The van der Waals surface area contributed by atoms with Gasteiger partial charge in [0.1, 0.15) is 5.82 Å². The van der Waals surface area contributed by atoms with Crippen LogP contribution in [0.2, 0.25) is 5.02 Å². The number of pyridine rings is 2. The van der Waals surface area contributed by atoms with Crippen molar-refractivity contribution in [1.82, 2.24) is 18.7 Å². The number of fused-ring (bicyclic) bond motifs is 1. The van der Waals surface area contributed by atoms with E-state index in [4.69, 9.17) is 21.3 Å². The van der Waals surface area contributed by atoms with Gasteiger partial charge in [-0.05, 0) is 48.7 Å². The molecule has 1 aliphatic rings. The molecular formula is C26H24ClFN4O4. The summed E-state index contributed by atoms with van der Waals surface area (Å²) in [7, 11) is 4.63. The molecule has 10 heteroatoms. The summed E-state index contributed by atoms with van der Waals surface area (Å²) in [5.74, 6) is -0.696. The first-order valence-electron chi connectivity index (χ1n) is 11.5. The average molecular weight is 511 g/mol. The Morgan fingerprint density at radius 3 is 2.56 bits per heavy atom. The van der Waals surface area contributed by atoms with E-state index in [-0.39, 0.29) is 44.8 Å². The Bertz CT molecular complexity index is 1690. The van der Waals surface area contributed by atoms with Crippen molar-refractivity contribution in [3.63, 3.8) is 0 Å². The first-order valence-corrected chi connectivity index (χ1v) is 11.9. The molecule has 1 saturated heterocycles. The highest BCUT2D eigenvalue weighted by Crippen LogP contribution is 2.39. The first-order chi connectivity index (χ1) is 17.2. The van der Waals surface area contributed by atoms with Crippen molar-refractivity contribution in [2.24, 2.45) is 21.1 Å². The Balaban J connectivity index is 1.70. The minimum atomic E-state index is -0.600. The Labute approximate surface area is 210 Å². The van der Waals surface area contributed by atoms with E-state index >= 15 is 4.39 Å². The van der Waals surface area contributed by atoms with Gasteiger partial charge in [-0.15, -0.1) is 0 Å². The number of rotatable bonds is 3. The molecule has 0 spiro atoms. The van der Waals surface area contributed by atoms with Crippen molar-refractivity contribution in [1.29, 1.82) is 0 Å². The van der Waals surface area contributed by atoms with Gasteiger partial charge in [-0.1, -0.05) is 11.6 Å². The maximum Gasteiger partial charge on any atom is 0.331 e. The van der Waals surface area contributed by atoms with Crippen molar-refractivity contribution in [3.8, 4) is 11.3 Å². The number of hydrogen-bond donors (Lipinski definition) is 0. The summed E-state index contributed by atoms with van der Waals surface area (Å²) in [6.07, 6.45) is 2.69. The van der Waals surface area contributed by atoms with Crippen molar-refractivity contribution in [2.75, 3.05) is 6.61 Å². The molecule has 1 fully saturated rings. The second kappa shape index (κ2) is 9.15. The van der Waals surface area contributed by atoms with Crippen LogP contribution in [0, 0.1) is 5.82 Å². The van der Waals surface area contributed by atoms with Gasteiger partial charge in [0.25, 0.3) is 5.56 Å². The molecule has 186 valence electrons. The molecule has 1 aromatic carbocycles. The Morgan fingerprint density at radius 2 is 1.83 bits per heavy atom. The normalized spacial score (nSPS) is 18.0. The number of nitrogens with zero attached hydrogens (tertiary/aromatic N) is 4. The van der Waals surface area contributed by atoms with Crippen molar-refractivity contribution < 1.29 is 9.13 Å². The second-order valence-electron chi connectivity index (χ2n) is 9.11. The van der Waals surface area contributed by atoms with Gasteiger partial charge in [0, 0.05) is 62.2 Å². The lowest BCUT2D eigenvalue weighted by molar-refractivity contribution is 0.00431. The predicted octanol–water partition coefficient (Wildman–Crippen LogP) is 3.43. The summed E-state index contributed by atoms with van der Waals surface area (Å²) in [5, 5.41) is 0.505. The third-order valence-electron chi connectivity index (χ3n) is 6.83. The van der Waals surface area contributed by atoms with Gasteiger partial charge in [0.15, 0.2) is 0 Å². The molecule has 0 radical (unpaired) electrons. The molecule has 0 amide bonds. The molecule has 0 aliphatic carbocycles. The summed E-state index contributed by atoms with van der Waals surface area (Å²) < 4.78 is 24.9. The average Bonchev–Trinajstić information content (AvgIpc) is 2.87. The third kappa shape index (κ3) is 4.08. The highest BCUT2D eigenvalue weighted by atomic mass is 35.5. The maximum absolute atomic E-state index is 15.1. The molecular weight excluding hydrogens is 487 g/mol. The van der Waals surface area contributed by atoms with Crippen LogP contribution in [0.4, 0.5) is 4.39 Å². The van der Waals surface area contributed by atoms with Gasteiger partial charge in [-0.2, -0.15) is 0 Å². The summed E-state index contributed by atoms with van der Waals surface area (Å²) >= 11 is 5.97. The molecule has 1 aliphatic heterocycles. The minimum absolute atomic E-state index is 0.0959. The van der Waals surface area contributed by atoms with Crippen LogP contribution in [0.5, 0.6) is 0 Å². The van der Waals surface area contributed by atoms with E-state index in [1.807, 2.05) is 0 Å². The van der Waals surface area contributed by atoms with E-state index in [0.717, 1.165) is 10.1 Å². The van der Waals surface area contributed by atoms with Gasteiger partial charge in [0.05, 0.1) is 22.7 Å². The summed E-state index contributed by atoms with van der Waals surface area (Å²) in [6, 6.07) is 9.18. The van der Waals surface area contributed by atoms with Gasteiger partial charge in [-0.25, -0.2) is 9.18 Å². The van der Waals surface area contributed by atoms with E-state index in [9.17, 15) is 14.4 Å². The van der Waals surface area contributed by atoms with E-state index in [1.165, 1.54) is 41.4 Å². The maximum atomic E-state index is 15.1. The lowest BCUT2D eigenvalue weighted by Crippen LogP contribution is -2.37. The monoisotopic (exact) mass is 510 g/mol. The van der Waals surface area contributed by atoms with Gasteiger partial charge >= 0.3 is 5.69 Å². The van der Waals surface area contributed by atoms with E-state index in [2.05, 4.69) is 0 Å². The molecule has 4 heterocycles. The van der Waals surface area contributed by atoms with Crippen LogP contribution in [-0.2, 0) is 25.9 Å². The minimum Gasteiger partial charge on any atom is -0.373 e. The van der Waals surface area contributed by atoms with Gasteiger partial charge in [0.2, 0.25) is 5.56 Å². The fourth-order valence-corrected chi connectivity index (χ4v) is 4.99. The summed E-state index contributed by atoms with van der Waals surface area (Å²) in [6.45, 7) is 0.452. The predicted molar refractivity (Wildman–Crippen MR) is 135 cm³/mol. The molecule has 8 nitrogen and oxygen atoms in total. The summed E-state index contributed by atoms with van der Waals surface area (Å²) in [4.78, 5) is 42.5. The van der Waals surface area contributed by atoms with E-state index < -0.39 is 17.1 Å². The molecule has 0 unspecified atom stereocenters. The molecule has 0 bridgehead atoms. The zero-order valence-corrected chi connectivity index (χ0v) is 20.8. The Morgan fingerprint density at radius 1 is 1.06 bits per heavy atom. The zero-order valence-electron chi connectivity index (χ0n) is 20.0. The number of halogens is 2. The fourth-order valence-electron chi connectivity index (χ4n) is 4.83. The fraction of sp³-hybridized carbons (Fsp3) is 0.308. The quantitative estimate of drug-likeness (QED) is 0.421. The summed E-state index contributed by atoms with van der Waals surface area (Å²) in [5.41, 5.74) is 0.974. The van der Waals surface area contributed by atoms with Crippen LogP contribution in [0.3, 0.4) is 0 Å². The number of benzene rings is 1. The molecule has 4 aromatic rings. The molecule has 3 aromatic heterocycles. The van der Waals surface area contributed by atoms with Crippen molar-refractivity contribution in [2.45, 2.75) is 24.9 Å². The molecule has 36 heavy (non-hydrogen) atoms. The SMILES string of the molecule is Cn1cc([C@H]2C[C@@H](c3cc4c(=O)n(C)c(=O)n(C)c4c(-c4ccc(Cl)cc4F)n3)CCO2)ccc1=O. The molecule has 0 saturated carbocycles. The highest BCUT2D eigenvalue weighted by Gasteiger charge is 2.28. The van der Waals surface area contributed by atoms with Crippen molar-refractivity contribution in [3.05, 3.63) is 95.9 Å².